The molecule has 0 aromatic heterocycles. The van der Waals surface area contributed by atoms with Gasteiger partial charge in [-0.1, -0.05) is 46.4 Å². The topological polar surface area (TPSA) is 0 Å². The molecule has 0 nitrogen and oxygen atoms in total. The zero-order valence-electron chi connectivity index (χ0n) is 4.51. The van der Waals surface area contributed by atoms with E-state index >= 15 is 0 Å². The third-order valence-corrected chi connectivity index (χ3v) is 1.29. The van der Waals surface area contributed by atoms with Crippen LogP contribution in [0, 0.1) is 0 Å². The fourth-order valence-corrected chi connectivity index (χ4v) is 0. The summed E-state index contributed by atoms with van der Waals surface area (Å²) in [5, 5.41) is 0. The summed E-state index contributed by atoms with van der Waals surface area (Å²) in [6.07, 6.45) is 0. The third kappa shape index (κ3) is 7.50. The van der Waals surface area contributed by atoms with Crippen molar-refractivity contribution in [2.24, 2.45) is 0 Å². The maximum atomic E-state index is 4.99. The molecule has 5 heteroatoms. The van der Waals surface area contributed by atoms with Crippen LogP contribution in [0.4, 0.5) is 0 Å². The minimum atomic E-state index is -0.0988. The van der Waals surface area contributed by atoms with Crippen molar-refractivity contribution in [3.05, 3.63) is 8.98 Å². The van der Waals surface area contributed by atoms with Gasteiger partial charge in [-0.05, 0) is 0 Å². The van der Waals surface area contributed by atoms with E-state index in [2.05, 4.69) is 0 Å². The first-order chi connectivity index (χ1) is 2.64. The molecule has 0 unspecified atom stereocenters. The molecule has 0 amide bonds. The van der Waals surface area contributed by atoms with Crippen LogP contribution in [-0.4, -0.2) is 0 Å². The number of hydrogen-bond acceptors (Lipinski definition) is 0. The van der Waals surface area contributed by atoms with Gasteiger partial charge in [0.05, 0.1) is 0 Å². The molecule has 0 N–H and O–H groups in total. The van der Waals surface area contributed by atoms with Crippen molar-refractivity contribution >= 4 is 46.4 Å². The van der Waals surface area contributed by atoms with Crippen LogP contribution < -0.4 is 18.9 Å². The van der Waals surface area contributed by atoms with E-state index in [0.29, 0.717) is 0 Å². The molecule has 0 aromatic carbocycles. The van der Waals surface area contributed by atoms with E-state index < -0.39 is 0 Å². The SMILES string of the molecule is ClC(Cl)=C(Cl)Cl.[H-].[Li+]. The Balaban J connectivity index is -0.000000125. The molecule has 7 heavy (non-hydrogen) atoms. The maximum Gasteiger partial charge on any atom is 1.00 e. The number of halogens is 4. The molecule has 38 valence electrons. The van der Waals surface area contributed by atoms with Gasteiger partial charge < -0.3 is 1.43 Å². The number of rotatable bonds is 0. The summed E-state index contributed by atoms with van der Waals surface area (Å²) in [7, 11) is 0. The molecule has 0 radical (unpaired) electrons. The quantitative estimate of drug-likeness (QED) is 0.459. The van der Waals surface area contributed by atoms with Gasteiger partial charge in [0.2, 0.25) is 0 Å². The van der Waals surface area contributed by atoms with Crippen LogP contribution in [0.3, 0.4) is 0 Å². The van der Waals surface area contributed by atoms with Gasteiger partial charge in [0.1, 0.15) is 8.98 Å². The molecule has 0 aliphatic heterocycles. The van der Waals surface area contributed by atoms with Gasteiger partial charge >= 0.3 is 18.9 Å². The zero-order chi connectivity index (χ0) is 5.15. The predicted octanol–water partition coefficient (Wildman–Crippen LogP) is 0.185. The molecule has 0 saturated heterocycles. The van der Waals surface area contributed by atoms with Crippen molar-refractivity contribution in [2.75, 3.05) is 0 Å². The fraction of sp³-hybridized carbons (Fsp3) is 0. The molecule has 0 bridgehead atoms. The van der Waals surface area contributed by atoms with Gasteiger partial charge in [-0.15, -0.1) is 0 Å². The Morgan fingerprint density at radius 2 is 1.00 bits per heavy atom. The Bertz CT molecular complexity index is 64.1. The predicted molar refractivity (Wildman–Crippen MR) is 31.6 cm³/mol. The Morgan fingerprint density at radius 1 is 0.857 bits per heavy atom. The maximum absolute atomic E-state index is 4.99. The summed E-state index contributed by atoms with van der Waals surface area (Å²) in [6, 6.07) is 0. The smallest absolute Gasteiger partial charge is 1.00 e. The largest absolute Gasteiger partial charge is 1.00 e. The third-order valence-electron chi connectivity index (χ3n) is 0.143. The molecule has 0 fully saturated rings. The van der Waals surface area contributed by atoms with E-state index in [-0.39, 0.29) is 29.3 Å². The zero-order valence-corrected chi connectivity index (χ0v) is 6.54. The normalized spacial score (nSPS) is 6.86. The second kappa shape index (κ2) is 5.63. The molecule has 0 aliphatic carbocycles. The minimum absolute atomic E-state index is 0. The second-order valence-electron chi connectivity index (χ2n) is 0.521. The monoisotopic (exact) mass is 172 g/mol. The van der Waals surface area contributed by atoms with Crippen LogP contribution in [0.1, 0.15) is 1.43 Å². The average Bonchev–Trinajstić information content (AvgIpc) is 1.36. The van der Waals surface area contributed by atoms with Crippen LogP contribution in [0.2, 0.25) is 0 Å². The molecule has 0 aromatic rings. The van der Waals surface area contributed by atoms with Crippen molar-refractivity contribution in [3.8, 4) is 0 Å². The van der Waals surface area contributed by atoms with E-state index in [1.165, 1.54) is 0 Å². The summed E-state index contributed by atoms with van der Waals surface area (Å²) in [4.78, 5) is 0. The fourth-order valence-electron chi connectivity index (χ4n) is 0. The Hall–Kier alpha value is 1.50. The van der Waals surface area contributed by atoms with Crippen LogP contribution >= 0.6 is 46.4 Å². The Kier molecular flexibility index (Phi) is 9.10. The summed E-state index contributed by atoms with van der Waals surface area (Å²) < 4.78 is -0.198. The second-order valence-corrected chi connectivity index (χ2v) is 2.42. The van der Waals surface area contributed by atoms with Gasteiger partial charge in [0.15, 0.2) is 0 Å². The number of hydrogen-bond donors (Lipinski definition) is 0. The standard InChI is InChI=1S/C2Cl4.Li.H/c3-1(4)2(5)6;;/q;+1;-1. The first kappa shape index (κ1) is 11.3. The van der Waals surface area contributed by atoms with Crippen LogP contribution in [0.15, 0.2) is 8.98 Å². The van der Waals surface area contributed by atoms with Gasteiger partial charge in [-0.3, -0.25) is 0 Å². The van der Waals surface area contributed by atoms with Crippen LogP contribution in [0.5, 0.6) is 0 Å². The summed E-state index contributed by atoms with van der Waals surface area (Å²) >= 11 is 20.0. The Labute approximate surface area is 75.4 Å². The summed E-state index contributed by atoms with van der Waals surface area (Å²) in [5.74, 6) is 0. The van der Waals surface area contributed by atoms with Crippen LogP contribution in [0.25, 0.3) is 0 Å². The van der Waals surface area contributed by atoms with E-state index in [1.807, 2.05) is 0 Å². The van der Waals surface area contributed by atoms with E-state index in [4.69, 9.17) is 46.4 Å². The van der Waals surface area contributed by atoms with Crippen molar-refractivity contribution < 1.29 is 20.3 Å². The molecule has 0 heterocycles. The molecular formula is C2HCl4Li. The van der Waals surface area contributed by atoms with E-state index in [0.717, 1.165) is 0 Å². The van der Waals surface area contributed by atoms with Crippen LogP contribution in [-0.2, 0) is 0 Å². The van der Waals surface area contributed by atoms with Gasteiger partial charge in [-0.2, -0.15) is 0 Å². The minimum Gasteiger partial charge on any atom is -1.00 e. The average molecular weight is 174 g/mol. The van der Waals surface area contributed by atoms with Crippen molar-refractivity contribution in [1.82, 2.24) is 0 Å². The summed E-state index contributed by atoms with van der Waals surface area (Å²) in [6.45, 7) is 0. The van der Waals surface area contributed by atoms with E-state index in [9.17, 15) is 0 Å². The molecule has 0 aliphatic rings. The van der Waals surface area contributed by atoms with Gasteiger partial charge in [-0.25, -0.2) is 0 Å². The van der Waals surface area contributed by atoms with Gasteiger partial charge in [0, 0.05) is 0 Å². The molecule has 0 atom stereocenters. The Morgan fingerprint density at radius 3 is 1.00 bits per heavy atom. The van der Waals surface area contributed by atoms with Gasteiger partial charge in [0.25, 0.3) is 0 Å². The first-order valence-corrected chi connectivity index (χ1v) is 2.52. The van der Waals surface area contributed by atoms with Crippen molar-refractivity contribution in [2.45, 2.75) is 0 Å². The van der Waals surface area contributed by atoms with Crippen molar-refractivity contribution in [1.29, 1.82) is 0 Å². The van der Waals surface area contributed by atoms with E-state index in [1.54, 1.807) is 0 Å². The molecule has 0 saturated carbocycles. The first-order valence-electron chi connectivity index (χ1n) is 1.01. The summed E-state index contributed by atoms with van der Waals surface area (Å²) in [5.41, 5.74) is 0. The molecule has 0 rings (SSSR count). The molecule has 0 spiro atoms. The molecular weight excluding hydrogens is 173 g/mol. The van der Waals surface area contributed by atoms with Crippen molar-refractivity contribution in [3.63, 3.8) is 0 Å².